The van der Waals surface area contributed by atoms with Crippen LogP contribution in [0.3, 0.4) is 0 Å². The van der Waals surface area contributed by atoms with Crippen LogP contribution in [0.2, 0.25) is 0 Å². The fourth-order valence-corrected chi connectivity index (χ4v) is 4.07. The van der Waals surface area contributed by atoms with E-state index in [4.69, 9.17) is 10.3 Å². The first kappa shape index (κ1) is 20.4. The van der Waals surface area contributed by atoms with E-state index in [0.717, 1.165) is 19.5 Å². The molecule has 2 atom stereocenters. The first-order valence-corrected chi connectivity index (χ1v) is 10.1. The molecule has 1 aliphatic rings. The van der Waals surface area contributed by atoms with Gasteiger partial charge in [-0.2, -0.15) is 0 Å². The lowest BCUT2D eigenvalue weighted by molar-refractivity contribution is 0.0924. The summed E-state index contributed by atoms with van der Waals surface area (Å²) in [5.74, 6) is 0.216. The third-order valence-electron chi connectivity index (χ3n) is 5.10. The van der Waals surface area contributed by atoms with Crippen molar-refractivity contribution in [2.45, 2.75) is 32.0 Å². The molecule has 0 spiro atoms. The number of carbonyl (C=O) groups is 1. The standard InChI is InChI=1S/C20H22IN5O2/c1-13-17(8-9-26(13)12-14-6-4-3-5-7-14)23-20(27)15-10-16(21)18(24-25-22)11-19(15)28-2/h3-7,10-11,13,17H,8-9,12H2,1-2H3,(H,23,27)/t13-,17-/m0/s1. The number of hydrogen-bond acceptors (Lipinski definition) is 4. The van der Waals surface area contributed by atoms with Crippen molar-refractivity contribution in [1.29, 1.82) is 0 Å². The van der Waals surface area contributed by atoms with E-state index in [0.29, 0.717) is 20.6 Å². The number of methoxy groups -OCH3 is 1. The molecular formula is C20H22IN5O2. The van der Waals surface area contributed by atoms with E-state index in [-0.39, 0.29) is 18.0 Å². The van der Waals surface area contributed by atoms with Crippen molar-refractivity contribution >= 4 is 34.2 Å². The van der Waals surface area contributed by atoms with Crippen LogP contribution in [0, 0.1) is 3.57 Å². The molecule has 1 heterocycles. The highest BCUT2D eigenvalue weighted by Crippen LogP contribution is 2.31. The molecule has 0 radical (unpaired) electrons. The topological polar surface area (TPSA) is 90.3 Å². The SMILES string of the molecule is COc1cc(N=[N+]=[N-])c(I)cc1C(=O)N[C@H]1CCN(Cc2ccccc2)[C@H]1C. The van der Waals surface area contributed by atoms with Crippen LogP contribution < -0.4 is 10.1 Å². The van der Waals surface area contributed by atoms with Crippen molar-refractivity contribution < 1.29 is 9.53 Å². The molecular weight excluding hydrogens is 469 g/mol. The maximum absolute atomic E-state index is 12.9. The lowest BCUT2D eigenvalue weighted by atomic mass is 10.1. The van der Waals surface area contributed by atoms with Crippen molar-refractivity contribution in [2.24, 2.45) is 5.11 Å². The van der Waals surface area contributed by atoms with E-state index in [1.807, 2.05) is 18.2 Å². The highest BCUT2D eigenvalue weighted by Gasteiger charge is 2.32. The minimum atomic E-state index is -0.180. The van der Waals surface area contributed by atoms with E-state index in [9.17, 15) is 4.79 Å². The summed E-state index contributed by atoms with van der Waals surface area (Å²) in [6.45, 7) is 3.95. The van der Waals surface area contributed by atoms with Crippen LogP contribution in [0.15, 0.2) is 47.6 Å². The van der Waals surface area contributed by atoms with Gasteiger partial charge >= 0.3 is 0 Å². The average molecular weight is 491 g/mol. The molecule has 146 valence electrons. The number of nitrogens with one attached hydrogen (secondary N) is 1. The molecule has 2 aromatic rings. The first-order valence-electron chi connectivity index (χ1n) is 9.05. The number of benzene rings is 2. The van der Waals surface area contributed by atoms with Gasteiger partial charge in [-0.05, 0) is 59.2 Å². The fraction of sp³-hybridized carbons (Fsp3) is 0.350. The highest BCUT2D eigenvalue weighted by molar-refractivity contribution is 14.1. The number of amides is 1. The van der Waals surface area contributed by atoms with Crippen LogP contribution in [0.25, 0.3) is 10.4 Å². The molecule has 0 saturated carbocycles. The summed E-state index contributed by atoms with van der Waals surface area (Å²) >= 11 is 2.05. The van der Waals surface area contributed by atoms with Gasteiger partial charge in [0.15, 0.2) is 0 Å². The number of azide groups is 1. The molecule has 2 aromatic carbocycles. The van der Waals surface area contributed by atoms with Gasteiger partial charge in [0.2, 0.25) is 0 Å². The van der Waals surface area contributed by atoms with Gasteiger partial charge in [-0.15, -0.1) is 0 Å². The number of halogens is 1. The second-order valence-corrected chi connectivity index (χ2v) is 7.92. The molecule has 0 unspecified atom stereocenters. The first-order chi connectivity index (χ1) is 13.5. The van der Waals surface area contributed by atoms with E-state index < -0.39 is 0 Å². The summed E-state index contributed by atoms with van der Waals surface area (Å²) in [5.41, 5.74) is 10.8. The fourth-order valence-electron chi connectivity index (χ4n) is 3.50. The Morgan fingerprint density at radius 3 is 2.82 bits per heavy atom. The Hall–Kier alpha value is -2.29. The van der Waals surface area contributed by atoms with Crippen LogP contribution in [0.5, 0.6) is 5.75 Å². The second-order valence-electron chi connectivity index (χ2n) is 6.76. The maximum atomic E-state index is 12.9. The summed E-state index contributed by atoms with van der Waals surface area (Å²) < 4.78 is 6.04. The molecule has 1 N–H and O–H groups in total. The van der Waals surface area contributed by atoms with Crippen LogP contribution in [-0.4, -0.2) is 36.5 Å². The van der Waals surface area contributed by atoms with Gasteiger partial charge in [0.1, 0.15) is 5.75 Å². The molecule has 1 aliphatic heterocycles. The van der Waals surface area contributed by atoms with Gasteiger partial charge in [-0.1, -0.05) is 35.4 Å². The lowest BCUT2D eigenvalue weighted by Gasteiger charge is -2.25. The summed E-state index contributed by atoms with van der Waals surface area (Å²) in [4.78, 5) is 18.1. The van der Waals surface area contributed by atoms with Crippen molar-refractivity contribution in [3.05, 3.63) is 67.6 Å². The van der Waals surface area contributed by atoms with Crippen LogP contribution in [0.4, 0.5) is 5.69 Å². The van der Waals surface area contributed by atoms with E-state index >= 15 is 0 Å². The highest BCUT2D eigenvalue weighted by atomic mass is 127. The minimum absolute atomic E-state index is 0.0652. The van der Waals surface area contributed by atoms with Crippen LogP contribution >= 0.6 is 22.6 Å². The lowest BCUT2D eigenvalue weighted by Crippen LogP contribution is -2.43. The summed E-state index contributed by atoms with van der Waals surface area (Å²) in [5, 5.41) is 6.78. The number of rotatable bonds is 6. The van der Waals surface area contributed by atoms with E-state index in [1.54, 1.807) is 12.1 Å². The predicted molar refractivity (Wildman–Crippen MR) is 117 cm³/mol. The number of carbonyl (C=O) groups excluding carboxylic acids is 1. The van der Waals surface area contributed by atoms with Crippen molar-refractivity contribution in [2.75, 3.05) is 13.7 Å². The van der Waals surface area contributed by atoms with Gasteiger partial charge < -0.3 is 10.1 Å². The van der Waals surface area contributed by atoms with Gasteiger partial charge in [-0.25, -0.2) is 0 Å². The third kappa shape index (κ3) is 4.57. The Morgan fingerprint density at radius 1 is 1.39 bits per heavy atom. The summed E-state index contributed by atoms with van der Waals surface area (Å²) in [6.07, 6.45) is 0.899. The Kier molecular flexibility index (Phi) is 6.77. The van der Waals surface area contributed by atoms with Crippen LogP contribution in [-0.2, 0) is 6.54 Å². The maximum Gasteiger partial charge on any atom is 0.255 e. The molecule has 28 heavy (non-hydrogen) atoms. The smallest absolute Gasteiger partial charge is 0.255 e. The molecule has 8 heteroatoms. The molecule has 0 aliphatic carbocycles. The van der Waals surface area contributed by atoms with Crippen molar-refractivity contribution in [3.8, 4) is 5.75 Å². The second kappa shape index (κ2) is 9.27. The van der Waals surface area contributed by atoms with E-state index in [1.165, 1.54) is 12.7 Å². The molecule has 3 rings (SSSR count). The van der Waals surface area contributed by atoms with E-state index in [2.05, 4.69) is 61.9 Å². The number of ether oxygens (including phenoxy) is 1. The van der Waals surface area contributed by atoms with Gasteiger partial charge in [0.25, 0.3) is 5.91 Å². The predicted octanol–water partition coefficient (Wildman–Crippen LogP) is 4.63. The zero-order chi connectivity index (χ0) is 20.1. The molecule has 1 amide bonds. The van der Waals surface area contributed by atoms with Gasteiger partial charge in [0.05, 0.1) is 18.4 Å². The number of nitrogens with zero attached hydrogens (tertiary/aromatic N) is 4. The molecule has 0 aromatic heterocycles. The molecule has 1 fully saturated rings. The summed E-state index contributed by atoms with van der Waals surface area (Å²) in [6, 6.07) is 13.9. The Balaban J connectivity index is 1.71. The average Bonchev–Trinajstić information content (AvgIpc) is 3.03. The number of likely N-dealkylation sites (tertiary alicyclic amines) is 1. The van der Waals surface area contributed by atoms with Crippen molar-refractivity contribution in [1.82, 2.24) is 10.2 Å². The van der Waals surface area contributed by atoms with Gasteiger partial charge in [0, 0.05) is 33.7 Å². The Morgan fingerprint density at radius 2 is 2.14 bits per heavy atom. The minimum Gasteiger partial charge on any atom is -0.496 e. The van der Waals surface area contributed by atoms with Crippen molar-refractivity contribution in [3.63, 3.8) is 0 Å². The summed E-state index contributed by atoms with van der Waals surface area (Å²) in [7, 11) is 1.50. The quantitative estimate of drug-likeness (QED) is 0.277. The van der Waals surface area contributed by atoms with Gasteiger partial charge in [-0.3, -0.25) is 9.69 Å². The zero-order valence-corrected chi connectivity index (χ0v) is 18.0. The zero-order valence-electron chi connectivity index (χ0n) is 15.8. The van der Waals surface area contributed by atoms with Crippen LogP contribution in [0.1, 0.15) is 29.3 Å². The number of hydrogen-bond donors (Lipinski definition) is 1. The third-order valence-corrected chi connectivity index (χ3v) is 5.96. The molecule has 1 saturated heterocycles. The molecule has 0 bridgehead atoms. The monoisotopic (exact) mass is 491 g/mol. The largest absolute Gasteiger partial charge is 0.496 e. The normalized spacial score (nSPS) is 19.1. The Labute approximate surface area is 177 Å². The Bertz CT molecular complexity index is 899. The molecule has 7 nitrogen and oxygen atoms in total.